The van der Waals surface area contributed by atoms with Gasteiger partial charge in [0.25, 0.3) is 0 Å². The van der Waals surface area contributed by atoms with Crippen LogP contribution in [0.15, 0.2) is 0 Å². The first-order valence-corrected chi connectivity index (χ1v) is 8.74. The van der Waals surface area contributed by atoms with Crippen molar-refractivity contribution in [1.82, 2.24) is 10.2 Å². The molecule has 4 heteroatoms. The highest BCUT2D eigenvalue weighted by atomic mass is 16.1. The molecule has 2 rings (SSSR count). The van der Waals surface area contributed by atoms with Crippen LogP contribution in [0.4, 0.5) is 0 Å². The number of hydrogen-bond donors (Lipinski definition) is 2. The van der Waals surface area contributed by atoms with Gasteiger partial charge in [-0.3, -0.25) is 4.79 Å². The average Bonchev–Trinajstić information content (AvgIpc) is 2.67. The second-order valence-corrected chi connectivity index (χ2v) is 7.45. The molecule has 0 aliphatic heterocycles. The van der Waals surface area contributed by atoms with Crippen LogP contribution in [0, 0.1) is 0 Å². The van der Waals surface area contributed by atoms with Crippen molar-refractivity contribution in [2.45, 2.75) is 95.3 Å². The van der Waals surface area contributed by atoms with Gasteiger partial charge in [-0.05, 0) is 53.0 Å². The molecule has 0 saturated heterocycles. The highest BCUT2D eigenvalue weighted by Crippen LogP contribution is 2.35. The number of nitrogens with zero attached hydrogens (tertiary/aromatic N) is 1. The zero-order valence-corrected chi connectivity index (χ0v) is 14.0. The Labute approximate surface area is 129 Å². The number of nitrogens with two attached hydrogens (primary N) is 1. The van der Waals surface area contributed by atoms with Crippen LogP contribution in [0.3, 0.4) is 0 Å². The zero-order valence-electron chi connectivity index (χ0n) is 14.0. The lowest BCUT2D eigenvalue weighted by atomic mass is 9.94. The van der Waals surface area contributed by atoms with Gasteiger partial charge in [-0.1, -0.05) is 25.7 Å². The molecule has 1 amide bonds. The highest BCUT2D eigenvalue weighted by Gasteiger charge is 2.46. The van der Waals surface area contributed by atoms with E-state index in [0.29, 0.717) is 18.1 Å². The van der Waals surface area contributed by atoms with E-state index in [2.05, 4.69) is 31.1 Å². The molecule has 3 N–H and O–H groups in total. The number of carbonyl (C=O) groups excluding carboxylic acids is 1. The first kappa shape index (κ1) is 16.8. The molecule has 4 nitrogen and oxygen atoms in total. The van der Waals surface area contributed by atoms with Gasteiger partial charge in [-0.25, -0.2) is 0 Å². The fourth-order valence-corrected chi connectivity index (χ4v) is 4.31. The van der Waals surface area contributed by atoms with Gasteiger partial charge >= 0.3 is 0 Å². The second-order valence-electron chi connectivity index (χ2n) is 7.45. The molecule has 0 spiro atoms. The molecule has 2 unspecified atom stereocenters. The van der Waals surface area contributed by atoms with E-state index in [4.69, 9.17) is 5.73 Å². The highest BCUT2D eigenvalue weighted by molar-refractivity contribution is 5.85. The third kappa shape index (κ3) is 3.98. The van der Waals surface area contributed by atoms with Gasteiger partial charge in [-0.2, -0.15) is 0 Å². The predicted octanol–water partition coefficient (Wildman–Crippen LogP) is 2.42. The molecule has 0 aromatic heterocycles. The van der Waals surface area contributed by atoms with Crippen LogP contribution in [-0.4, -0.2) is 41.5 Å². The summed E-state index contributed by atoms with van der Waals surface area (Å²) in [5.41, 5.74) is 5.24. The molecular weight excluding hydrogens is 262 g/mol. The van der Waals surface area contributed by atoms with Crippen molar-refractivity contribution < 1.29 is 4.79 Å². The maximum atomic E-state index is 12.0. The normalized spacial score (nSPS) is 31.8. The summed E-state index contributed by atoms with van der Waals surface area (Å²) in [5.74, 6) is -0.173. The Morgan fingerprint density at radius 2 is 1.76 bits per heavy atom. The smallest absolute Gasteiger partial charge is 0.237 e. The van der Waals surface area contributed by atoms with E-state index >= 15 is 0 Å². The van der Waals surface area contributed by atoms with Crippen molar-refractivity contribution >= 4 is 5.91 Å². The maximum absolute atomic E-state index is 12.0. The first-order chi connectivity index (χ1) is 9.94. The van der Waals surface area contributed by atoms with Crippen molar-refractivity contribution in [3.8, 4) is 0 Å². The third-order valence-electron chi connectivity index (χ3n) is 5.50. The second kappa shape index (κ2) is 7.10. The van der Waals surface area contributed by atoms with Crippen LogP contribution in [0.25, 0.3) is 0 Å². The number of primary amides is 1. The van der Waals surface area contributed by atoms with Crippen LogP contribution < -0.4 is 11.1 Å². The number of amides is 1. The minimum Gasteiger partial charge on any atom is -0.368 e. The Balaban J connectivity index is 2.00. The zero-order chi connectivity index (χ0) is 15.5. The Morgan fingerprint density at radius 1 is 1.14 bits per heavy atom. The lowest BCUT2D eigenvalue weighted by Gasteiger charge is -2.35. The molecule has 0 heterocycles. The summed E-state index contributed by atoms with van der Waals surface area (Å²) < 4.78 is 0. The molecule has 0 radical (unpaired) electrons. The molecule has 0 aromatic rings. The number of hydrogen-bond acceptors (Lipinski definition) is 3. The number of carbonyl (C=O) groups is 1. The van der Waals surface area contributed by atoms with Crippen molar-refractivity contribution in [3.05, 3.63) is 0 Å². The SMILES string of the molecule is CC(C)NC1(C(N)=O)CCC(N(C)C2CCCCCC2)C1. The van der Waals surface area contributed by atoms with E-state index in [1.807, 2.05) is 0 Å². The lowest BCUT2D eigenvalue weighted by Crippen LogP contribution is -2.57. The van der Waals surface area contributed by atoms with E-state index in [-0.39, 0.29) is 5.91 Å². The van der Waals surface area contributed by atoms with Crippen LogP contribution >= 0.6 is 0 Å². The standard InChI is InChI=1S/C17H33N3O/c1-13(2)19-17(16(18)21)11-10-15(12-17)20(3)14-8-6-4-5-7-9-14/h13-15,19H,4-12H2,1-3H3,(H2,18,21). The molecule has 2 atom stereocenters. The van der Waals surface area contributed by atoms with Gasteiger partial charge in [0.2, 0.25) is 5.91 Å². The monoisotopic (exact) mass is 295 g/mol. The average molecular weight is 295 g/mol. The lowest BCUT2D eigenvalue weighted by molar-refractivity contribution is -0.124. The summed E-state index contributed by atoms with van der Waals surface area (Å²) in [4.78, 5) is 14.6. The van der Waals surface area contributed by atoms with Gasteiger partial charge in [0, 0.05) is 18.1 Å². The molecule has 2 saturated carbocycles. The molecule has 2 fully saturated rings. The minimum absolute atomic E-state index is 0.173. The quantitative estimate of drug-likeness (QED) is 0.766. The Hall–Kier alpha value is -0.610. The van der Waals surface area contributed by atoms with Crippen molar-refractivity contribution in [2.24, 2.45) is 5.73 Å². The molecule has 2 aliphatic carbocycles. The van der Waals surface area contributed by atoms with Gasteiger partial charge in [-0.15, -0.1) is 0 Å². The van der Waals surface area contributed by atoms with Crippen LogP contribution in [-0.2, 0) is 4.79 Å². The van der Waals surface area contributed by atoms with E-state index in [1.54, 1.807) is 0 Å². The predicted molar refractivity (Wildman–Crippen MR) is 87.1 cm³/mol. The molecule has 122 valence electrons. The fourth-order valence-electron chi connectivity index (χ4n) is 4.31. The number of nitrogens with one attached hydrogen (secondary N) is 1. The van der Waals surface area contributed by atoms with Gasteiger partial charge in [0.15, 0.2) is 0 Å². The van der Waals surface area contributed by atoms with Crippen molar-refractivity contribution in [2.75, 3.05) is 7.05 Å². The summed E-state index contributed by atoms with van der Waals surface area (Å²) in [7, 11) is 2.26. The molecule has 2 aliphatic rings. The molecular formula is C17H33N3O. The Bertz CT molecular complexity index is 350. The topological polar surface area (TPSA) is 58.4 Å². The third-order valence-corrected chi connectivity index (χ3v) is 5.50. The van der Waals surface area contributed by atoms with Crippen LogP contribution in [0.1, 0.15) is 71.6 Å². The molecule has 0 aromatic carbocycles. The number of rotatable bonds is 5. The minimum atomic E-state index is -0.488. The Morgan fingerprint density at radius 3 is 2.29 bits per heavy atom. The first-order valence-electron chi connectivity index (χ1n) is 8.74. The largest absolute Gasteiger partial charge is 0.368 e. The Kier molecular flexibility index (Phi) is 5.67. The van der Waals surface area contributed by atoms with Crippen LogP contribution in [0.2, 0.25) is 0 Å². The summed E-state index contributed by atoms with van der Waals surface area (Å²) in [6.45, 7) is 4.18. The maximum Gasteiger partial charge on any atom is 0.237 e. The molecule has 21 heavy (non-hydrogen) atoms. The van der Waals surface area contributed by atoms with Gasteiger partial charge in [0.05, 0.1) is 5.54 Å². The van der Waals surface area contributed by atoms with Crippen molar-refractivity contribution in [1.29, 1.82) is 0 Å². The van der Waals surface area contributed by atoms with E-state index < -0.39 is 5.54 Å². The van der Waals surface area contributed by atoms with E-state index in [0.717, 1.165) is 19.3 Å². The van der Waals surface area contributed by atoms with Crippen LogP contribution in [0.5, 0.6) is 0 Å². The fraction of sp³-hybridized carbons (Fsp3) is 0.941. The summed E-state index contributed by atoms with van der Waals surface area (Å²) in [5, 5.41) is 3.45. The van der Waals surface area contributed by atoms with E-state index in [9.17, 15) is 4.79 Å². The van der Waals surface area contributed by atoms with Gasteiger partial charge < -0.3 is 16.0 Å². The summed E-state index contributed by atoms with van der Waals surface area (Å²) in [6, 6.07) is 1.48. The summed E-state index contributed by atoms with van der Waals surface area (Å²) in [6.07, 6.45) is 10.9. The van der Waals surface area contributed by atoms with Crippen molar-refractivity contribution in [3.63, 3.8) is 0 Å². The van der Waals surface area contributed by atoms with Gasteiger partial charge in [0.1, 0.15) is 0 Å². The van der Waals surface area contributed by atoms with E-state index in [1.165, 1.54) is 38.5 Å². The molecule has 0 bridgehead atoms. The summed E-state index contributed by atoms with van der Waals surface area (Å²) >= 11 is 0.